The van der Waals surface area contributed by atoms with E-state index >= 15 is 0 Å². The summed E-state index contributed by atoms with van der Waals surface area (Å²) in [6.45, 7) is 1.82. The normalized spacial score (nSPS) is 11.2. The highest BCUT2D eigenvalue weighted by Gasteiger charge is 2.02. The number of H-pyrrole nitrogens is 1. The van der Waals surface area contributed by atoms with Crippen LogP contribution in [0.2, 0.25) is 0 Å². The van der Waals surface area contributed by atoms with Crippen molar-refractivity contribution in [2.24, 2.45) is 7.05 Å². The van der Waals surface area contributed by atoms with Gasteiger partial charge in [-0.1, -0.05) is 12.1 Å². The van der Waals surface area contributed by atoms with E-state index in [-0.39, 0.29) is 0 Å². The van der Waals surface area contributed by atoms with Gasteiger partial charge in [-0.15, -0.1) is 0 Å². The topological polar surface area (TPSA) is 45.6 Å². The highest BCUT2D eigenvalue weighted by molar-refractivity contribution is 5.82. The lowest BCUT2D eigenvalue weighted by Crippen LogP contribution is -2.18. The van der Waals surface area contributed by atoms with Crippen molar-refractivity contribution in [2.45, 2.75) is 13.0 Å². The van der Waals surface area contributed by atoms with E-state index in [4.69, 9.17) is 0 Å². The minimum atomic E-state index is 0.889. The Bertz CT molecular complexity index is 665. The molecule has 3 rings (SSSR count). The van der Waals surface area contributed by atoms with Crippen LogP contribution in [0.1, 0.15) is 11.4 Å². The number of fused-ring (bicyclic) bond motifs is 1. The van der Waals surface area contributed by atoms with Crippen LogP contribution in [0.15, 0.2) is 42.9 Å². The Hall–Kier alpha value is -2.07. The average Bonchev–Trinajstić information content (AvgIpc) is 3.04. The van der Waals surface area contributed by atoms with Crippen molar-refractivity contribution < 1.29 is 0 Å². The molecule has 0 bridgehead atoms. The van der Waals surface area contributed by atoms with Crippen molar-refractivity contribution in [1.82, 2.24) is 19.9 Å². The fraction of sp³-hybridized carbons (Fsp3) is 0.267. The predicted molar refractivity (Wildman–Crippen MR) is 76.9 cm³/mol. The summed E-state index contributed by atoms with van der Waals surface area (Å²) in [5, 5.41) is 4.78. The predicted octanol–water partition coefficient (Wildman–Crippen LogP) is 2.23. The molecule has 2 N–H and O–H groups in total. The first-order valence-corrected chi connectivity index (χ1v) is 6.56. The molecule has 0 spiro atoms. The number of aromatic amines is 1. The summed E-state index contributed by atoms with van der Waals surface area (Å²) in [4.78, 5) is 7.56. The average molecular weight is 254 g/mol. The van der Waals surface area contributed by atoms with E-state index < -0.39 is 0 Å². The zero-order valence-corrected chi connectivity index (χ0v) is 11.1. The van der Waals surface area contributed by atoms with Crippen molar-refractivity contribution in [1.29, 1.82) is 0 Å². The Kier molecular flexibility index (Phi) is 3.33. The minimum absolute atomic E-state index is 0.889. The molecule has 1 aromatic carbocycles. The number of nitrogens with zero attached hydrogens (tertiary/aromatic N) is 2. The monoisotopic (exact) mass is 254 g/mol. The molecule has 4 nitrogen and oxygen atoms in total. The van der Waals surface area contributed by atoms with E-state index in [1.54, 1.807) is 0 Å². The van der Waals surface area contributed by atoms with E-state index in [1.807, 2.05) is 25.6 Å². The lowest BCUT2D eigenvalue weighted by Gasteiger charge is -2.06. The van der Waals surface area contributed by atoms with E-state index in [9.17, 15) is 0 Å². The minimum Gasteiger partial charge on any atom is -0.361 e. The molecule has 0 atom stereocenters. The van der Waals surface area contributed by atoms with E-state index in [1.165, 1.54) is 16.5 Å². The van der Waals surface area contributed by atoms with Gasteiger partial charge in [-0.3, -0.25) is 0 Å². The fourth-order valence-corrected chi connectivity index (χ4v) is 2.37. The van der Waals surface area contributed by atoms with Gasteiger partial charge in [0.2, 0.25) is 0 Å². The fourth-order valence-electron chi connectivity index (χ4n) is 2.37. The van der Waals surface area contributed by atoms with Gasteiger partial charge in [-0.2, -0.15) is 0 Å². The smallest absolute Gasteiger partial charge is 0.109 e. The first-order chi connectivity index (χ1) is 9.34. The maximum absolute atomic E-state index is 4.32. The second-order valence-electron chi connectivity index (χ2n) is 4.74. The van der Waals surface area contributed by atoms with Gasteiger partial charge < -0.3 is 14.9 Å². The van der Waals surface area contributed by atoms with E-state index in [0.29, 0.717) is 0 Å². The van der Waals surface area contributed by atoms with Crippen LogP contribution < -0.4 is 5.32 Å². The molecule has 4 heteroatoms. The summed E-state index contributed by atoms with van der Waals surface area (Å²) in [6.07, 6.45) is 6.76. The highest BCUT2D eigenvalue weighted by atomic mass is 15.0. The highest BCUT2D eigenvalue weighted by Crippen LogP contribution is 2.16. The summed E-state index contributed by atoms with van der Waals surface area (Å²) in [6, 6.07) is 8.50. The molecule has 0 radical (unpaired) electrons. The standard InChI is InChI=1S/C15H18N4/c1-19-10-9-18-15(19)6-7-16-11-12-3-2-4-14-13(12)5-8-17-14/h2-5,8-10,16-17H,6-7,11H2,1H3. The SMILES string of the molecule is Cn1ccnc1CCNCc1cccc2[nH]ccc12. The lowest BCUT2D eigenvalue weighted by molar-refractivity contribution is 0.657. The number of nitrogens with one attached hydrogen (secondary N) is 2. The first-order valence-electron chi connectivity index (χ1n) is 6.56. The second-order valence-corrected chi connectivity index (χ2v) is 4.74. The van der Waals surface area contributed by atoms with Crippen molar-refractivity contribution in [3.8, 4) is 0 Å². The molecule has 0 fully saturated rings. The van der Waals surface area contributed by atoms with Crippen LogP contribution in [-0.4, -0.2) is 21.1 Å². The van der Waals surface area contributed by atoms with Crippen LogP contribution in [-0.2, 0) is 20.0 Å². The van der Waals surface area contributed by atoms with Gasteiger partial charge in [-0.05, 0) is 17.7 Å². The maximum atomic E-state index is 4.32. The van der Waals surface area contributed by atoms with Crippen LogP contribution in [0.25, 0.3) is 10.9 Å². The third kappa shape index (κ3) is 2.53. The number of aryl methyl sites for hydroxylation is 1. The summed E-state index contributed by atoms with van der Waals surface area (Å²) in [5.74, 6) is 1.12. The first kappa shape index (κ1) is 12.0. The van der Waals surface area contributed by atoms with E-state index in [2.05, 4.69) is 44.1 Å². The molecule has 2 heterocycles. The number of hydrogen-bond donors (Lipinski definition) is 2. The number of hydrogen-bond acceptors (Lipinski definition) is 2. The van der Waals surface area contributed by atoms with Crippen LogP contribution >= 0.6 is 0 Å². The molecule has 0 aliphatic rings. The number of benzene rings is 1. The van der Waals surface area contributed by atoms with Gasteiger partial charge in [0, 0.05) is 56.1 Å². The molecule has 0 unspecified atom stereocenters. The third-order valence-corrected chi connectivity index (χ3v) is 3.45. The largest absolute Gasteiger partial charge is 0.361 e. The van der Waals surface area contributed by atoms with Gasteiger partial charge in [0.05, 0.1) is 0 Å². The van der Waals surface area contributed by atoms with Gasteiger partial charge in [0.25, 0.3) is 0 Å². The van der Waals surface area contributed by atoms with Crippen LogP contribution in [0.3, 0.4) is 0 Å². The Labute approximate surface area is 112 Å². The molecule has 0 saturated heterocycles. The quantitative estimate of drug-likeness (QED) is 0.686. The Balaban J connectivity index is 1.58. The van der Waals surface area contributed by atoms with Gasteiger partial charge in [0.1, 0.15) is 5.82 Å². The van der Waals surface area contributed by atoms with Crippen LogP contribution in [0.4, 0.5) is 0 Å². The molecule has 0 amide bonds. The maximum Gasteiger partial charge on any atom is 0.109 e. The zero-order chi connectivity index (χ0) is 13.1. The van der Waals surface area contributed by atoms with E-state index in [0.717, 1.165) is 25.3 Å². The molecule has 19 heavy (non-hydrogen) atoms. The van der Waals surface area contributed by atoms with Gasteiger partial charge in [0.15, 0.2) is 0 Å². The number of aromatic nitrogens is 3. The summed E-state index contributed by atoms with van der Waals surface area (Å²) >= 11 is 0. The molecule has 2 aromatic heterocycles. The Morgan fingerprint density at radius 3 is 3.11 bits per heavy atom. The molecule has 0 saturated carbocycles. The summed E-state index contributed by atoms with van der Waals surface area (Å²) in [5.41, 5.74) is 2.53. The molecule has 0 aliphatic heterocycles. The molecule has 98 valence electrons. The second kappa shape index (κ2) is 5.28. The third-order valence-electron chi connectivity index (χ3n) is 3.45. The van der Waals surface area contributed by atoms with Gasteiger partial charge >= 0.3 is 0 Å². The van der Waals surface area contributed by atoms with Crippen molar-refractivity contribution in [2.75, 3.05) is 6.54 Å². The molecule has 3 aromatic rings. The van der Waals surface area contributed by atoms with Crippen molar-refractivity contribution in [3.05, 3.63) is 54.2 Å². The van der Waals surface area contributed by atoms with Crippen LogP contribution in [0.5, 0.6) is 0 Å². The van der Waals surface area contributed by atoms with Crippen molar-refractivity contribution in [3.63, 3.8) is 0 Å². The van der Waals surface area contributed by atoms with Crippen LogP contribution in [0, 0.1) is 0 Å². The Morgan fingerprint density at radius 1 is 1.32 bits per heavy atom. The molecular formula is C15H18N4. The zero-order valence-electron chi connectivity index (χ0n) is 11.1. The molecule has 0 aliphatic carbocycles. The molecular weight excluding hydrogens is 236 g/mol. The van der Waals surface area contributed by atoms with Gasteiger partial charge in [-0.25, -0.2) is 4.98 Å². The number of imidazole rings is 1. The summed E-state index contributed by atoms with van der Waals surface area (Å²) in [7, 11) is 2.03. The Morgan fingerprint density at radius 2 is 2.26 bits per heavy atom. The summed E-state index contributed by atoms with van der Waals surface area (Å²) < 4.78 is 2.06. The van der Waals surface area contributed by atoms with Crippen molar-refractivity contribution >= 4 is 10.9 Å². The lowest BCUT2D eigenvalue weighted by atomic mass is 10.1. The number of rotatable bonds is 5.